The summed E-state index contributed by atoms with van der Waals surface area (Å²) in [4.78, 5) is 40.1. The van der Waals surface area contributed by atoms with E-state index >= 15 is 0 Å². The van der Waals surface area contributed by atoms with Gasteiger partial charge in [-0.3, -0.25) is 14.5 Å². The summed E-state index contributed by atoms with van der Waals surface area (Å²) < 4.78 is 24.1. The fourth-order valence-corrected chi connectivity index (χ4v) is 4.25. The zero-order valence-corrected chi connectivity index (χ0v) is 20.1. The number of methoxy groups -OCH3 is 1. The molecule has 2 aliphatic rings. The van der Waals surface area contributed by atoms with E-state index in [1.807, 2.05) is 24.3 Å². The first-order chi connectivity index (χ1) is 17.9. The van der Waals surface area contributed by atoms with E-state index < -0.39 is 24.1 Å². The van der Waals surface area contributed by atoms with Crippen molar-refractivity contribution >= 4 is 23.6 Å². The van der Waals surface area contributed by atoms with Crippen LogP contribution in [0.1, 0.15) is 40.4 Å². The van der Waals surface area contributed by atoms with Gasteiger partial charge in [0, 0.05) is 17.3 Å². The third-order valence-corrected chi connectivity index (χ3v) is 6.37. The van der Waals surface area contributed by atoms with Gasteiger partial charge in [-0.05, 0) is 72.5 Å². The molecule has 8 nitrogen and oxygen atoms in total. The molecule has 2 N–H and O–H groups in total. The predicted molar refractivity (Wildman–Crippen MR) is 134 cm³/mol. The smallest absolute Gasteiger partial charge is 0.411 e. The van der Waals surface area contributed by atoms with Gasteiger partial charge in [0.05, 0.1) is 13.7 Å². The largest absolute Gasteiger partial charge is 0.497 e. The van der Waals surface area contributed by atoms with Crippen molar-refractivity contribution in [3.63, 3.8) is 0 Å². The van der Waals surface area contributed by atoms with Crippen LogP contribution in [0.15, 0.2) is 72.8 Å². The van der Waals surface area contributed by atoms with Crippen LogP contribution in [0, 0.1) is 5.82 Å². The Morgan fingerprint density at radius 1 is 1.05 bits per heavy atom. The van der Waals surface area contributed by atoms with Gasteiger partial charge in [-0.15, -0.1) is 0 Å². The molecule has 2 fully saturated rings. The van der Waals surface area contributed by atoms with Crippen LogP contribution in [0.5, 0.6) is 5.75 Å². The summed E-state index contributed by atoms with van der Waals surface area (Å²) in [7, 11) is 1.57. The number of amides is 3. The van der Waals surface area contributed by atoms with Crippen molar-refractivity contribution in [3.8, 4) is 5.75 Å². The molecule has 9 heteroatoms. The van der Waals surface area contributed by atoms with Gasteiger partial charge in [0.15, 0.2) is 12.1 Å². The van der Waals surface area contributed by atoms with Crippen molar-refractivity contribution < 1.29 is 28.2 Å². The molecule has 1 heterocycles. The standard InChI is InChI=1S/C28H26FN3O5/c1-36-23-4-2-3-17(15-23)16-32-24(27(34)31-22-13-14-22)25(37-28(32)35)18-7-11-21(12-8-18)30-26(33)19-5-9-20(29)10-6-19/h2-12,15,22,24-25H,13-14,16H2,1H3,(H,30,33)(H,31,34)/t24-,25+/m0/s1. The highest BCUT2D eigenvalue weighted by atomic mass is 19.1. The number of ether oxygens (including phenoxy) is 2. The Bertz CT molecular complexity index is 1310. The molecule has 0 aromatic heterocycles. The second-order valence-corrected chi connectivity index (χ2v) is 9.09. The predicted octanol–water partition coefficient (Wildman–Crippen LogP) is 4.43. The number of rotatable bonds is 8. The minimum atomic E-state index is -0.862. The van der Waals surface area contributed by atoms with Crippen LogP contribution < -0.4 is 15.4 Å². The summed E-state index contributed by atoms with van der Waals surface area (Å²) in [5.41, 5.74) is 2.26. The number of nitrogens with one attached hydrogen (secondary N) is 2. The first kappa shape index (κ1) is 24.3. The van der Waals surface area contributed by atoms with E-state index in [1.54, 1.807) is 31.4 Å². The molecule has 0 bridgehead atoms. The van der Waals surface area contributed by atoms with Gasteiger partial charge in [0.25, 0.3) is 5.91 Å². The maximum absolute atomic E-state index is 13.2. The number of halogens is 1. The molecule has 190 valence electrons. The second-order valence-electron chi connectivity index (χ2n) is 9.09. The van der Waals surface area contributed by atoms with Gasteiger partial charge < -0.3 is 20.1 Å². The highest BCUT2D eigenvalue weighted by Crippen LogP contribution is 2.35. The molecule has 3 aromatic rings. The average molecular weight is 504 g/mol. The van der Waals surface area contributed by atoms with E-state index in [0.29, 0.717) is 22.6 Å². The lowest BCUT2D eigenvalue weighted by atomic mass is 10.00. The molecule has 2 atom stereocenters. The van der Waals surface area contributed by atoms with Crippen LogP contribution in [-0.2, 0) is 16.1 Å². The van der Waals surface area contributed by atoms with Crippen molar-refractivity contribution in [1.29, 1.82) is 0 Å². The van der Waals surface area contributed by atoms with Gasteiger partial charge in [0.2, 0.25) is 5.91 Å². The lowest BCUT2D eigenvalue weighted by Crippen LogP contribution is -2.46. The molecule has 1 saturated carbocycles. The maximum atomic E-state index is 13.2. The van der Waals surface area contributed by atoms with Crippen LogP contribution in [0.25, 0.3) is 0 Å². The van der Waals surface area contributed by atoms with E-state index in [2.05, 4.69) is 10.6 Å². The summed E-state index contributed by atoms with van der Waals surface area (Å²) >= 11 is 0. The first-order valence-corrected chi connectivity index (χ1v) is 12.0. The number of carbonyl (C=O) groups is 3. The monoisotopic (exact) mass is 503 g/mol. The highest BCUT2D eigenvalue weighted by molar-refractivity contribution is 6.04. The Hall–Kier alpha value is -4.40. The molecular weight excluding hydrogens is 477 g/mol. The van der Waals surface area contributed by atoms with Crippen LogP contribution >= 0.6 is 0 Å². The average Bonchev–Trinajstić information content (AvgIpc) is 3.66. The first-order valence-electron chi connectivity index (χ1n) is 12.0. The Morgan fingerprint density at radius 3 is 2.46 bits per heavy atom. The summed E-state index contributed by atoms with van der Waals surface area (Å²) in [5, 5.41) is 5.75. The van der Waals surface area contributed by atoms with Crippen LogP contribution in [0.2, 0.25) is 0 Å². The van der Waals surface area contributed by atoms with Crippen molar-refractivity contribution in [1.82, 2.24) is 10.2 Å². The number of hydrogen-bond acceptors (Lipinski definition) is 5. The number of anilines is 1. The Labute approximate surface area is 213 Å². The van der Waals surface area contributed by atoms with Crippen molar-refractivity contribution in [3.05, 3.63) is 95.3 Å². The number of cyclic esters (lactones) is 1. The number of benzene rings is 3. The van der Waals surface area contributed by atoms with E-state index in [-0.39, 0.29) is 24.4 Å². The number of hydrogen-bond donors (Lipinski definition) is 2. The van der Waals surface area contributed by atoms with E-state index in [1.165, 1.54) is 29.2 Å². The summed E-state index contributed by atoms with van der Waals surface area (Å²) in [6.07, 6.45) is 0.420. The summed E-state index contributed by atoms with van der Waals surface area (Å²) in [5.74, 6) is -0.423. The number of nitrogens with zero attached hydrogens (tertiary/aromatic N) is 1. The zero-order chi connectivity index (χ0) is 25.9. The van der Waals surface area contributed by atoms with E-state index in [9.17, 15) is 18.8 Å². The Morgan fingerprint density at radius 2 is 1.78 bits per heavy atom. The fraction of sp³-hybridized carbons (Fsp3) is 0.250. The highest BCUT2D eigenvalue weighted by Gasteiger charge is 2.47. The van der Waals surface area contributed by atoms with Crippen LogP contribution in [-0.4, -0.2) is 42.0 Å². The third kappa shape index (κ3) is 5.55. The lowest BCUT2D eigenvalue weighted by molar-refractivity contribution is -0.126. The Balaban J connectivity index is 1.35. The summed E-state index contributed by atoms with van der Waals surface area (Å²) in [6.45, 7) is 0.182. The van der Waals surface area contributed by atoms with Crippen molar-refractivity contribution in [2.45, 2.75) is 37.6 Å². The van der Waals surface area contributed by atoms with Gasteiger partial charge in [-0.1, -0.05) is 24.3 Å². The SMILES string of the molecule is COc1cccc(CN2C(=O)O[C@H](c3ccc(NC(=O)c4ccc(F)cc4)cc3)[C@H]2C(=O)NC2CC2)c1. The quantitative estimate of drug-likeness (QED) is 0.474. The third-order valence-electron chi connectivity index (χ3n) is 6.37. The molecule has 0 spiro atoms. The normalized spacial score (nSPS) is 18.8. The fourth-order valence-electron chi connectivity index (χ4n) is 4.25. The second kappa shape index (κ2) is 10.3. The maximum Gasteiger partial charge on any atom is 0.411 e. The lowest BCUT2D eigenvalue weighted by Gasteiger charge is -2.24. The van der Waals surface area contributed by atoms with Gasteiger partial charge >= 0.3 is 6.09 Å². The molecule has 5 rings (SSSR count). The molecule has 3 aromatic carbocycles. The minimum absolute atomic E-state index is 0.117. The molecule has 1 aliphatic carbocycles. The summed E-state index contributed by atoms with van der Waals surface area (Å²) in [6, 6.07) is 18.6. The minimum Gasteiger partial charge on any atom is -0.497 e. The molecule has 3 amide bonds. The Kier molecular flexibility index (Phi) is 6.76. The van der Waals surface area contributed by atoms with Crippen molar-refractivity contribution in [2.24, 2.45) is 0 Å². The van der Waals surface area contributed by atoms with Gasteiger partial charge in [0.1, 0.15) is 11.6 Å². The molecule has 1 aliphatic heterocycles. The van der Waals surface area contributed by atoms with E-state index in [0.717, 1.165) is 18.4 Å². The molecule has 1 saturated heterocycles. The number of carbonyl (C=O) groups excluding carboxylic acids is 3. The van der Waals surface area contributed by atoms with Crippen LogP contribution in [0.3, 0.4) is 0 Å². The van der Waals surface area contributed by atoms with Crippen LogP contribution in [0.4, 0.5) is 14.9 Å². The molecule has 0 unspecified atom stereocenters. The molecule has 0 radical (unpaired) electrons. The topological polar surface area (TPSA) is 97.0 Å². The van der Waals surface area contributed by atoms with E-state index in [4.69, 9.17) is 9.47 Å². The van der Waals surface area contributed by atoms with Gasteiger partial charge in [-0.25, -0.2) is 9.18 Å². The zero-order valence-electron chi connectivity index (χ0n) is 20.1. The van der Waals surface area contributed by atoms with Gasteiger partial charge in [-0.2, -0.15) is 0 Å². The molecular formula is C28H26FN3O5. The molecule has 37 heavy (non-hydrogen) atoms. The van der Waals surface area contributed by atoms with Crippen molar-refractivity contribution in [2.75, 3.05) is 12.4 Å².